The van der Waals surface area contributed by atoms with E-state index in [0.29, 0.717) is 0 Å². The Labute approximate surface area is 59.1 Å². The minimum atomic E-state index is -1.07. The number of hydrogen-bond acceptors (Lipinski definition) is 4. The lowest BCUT2D eigenvalue weighted by atomic mass is 10.0. The summed E-state index contributed by atoms with van der Waals surface area (Å²) in [5.74, 6) is 0. The Hall–Kier alpha value is -0.160. The minimum absolute atomic E-state index is 0.0966. The molecule has 0 aromatic heterocycles. The fourth-order valence-corrected chi connectivity index (χ4v) is 0.953. The fraction of sp³-hybridized carbons (Fsp3) is 1.00. The first-order valence-corrected chi connectivity index (χ1v) is 3.28. The van der Waals surface area contributed by atoms with Crippen LogP contribution in [0.5, 0.6) is 0 Å². The second-order valence-corrected chi connectivity index (χ2v) is 2.59. The van der Waals surface area contributed by atoms with Crippen LogP contribution in [0, 0.1) is 0 Å². The van der Waals surface area contributed by atoms with Crippen molar-refractivity contribution in [3.63, 3.8) is 0 Å². The smallest absolute Gasteiger partial charge is 0.110 e. The van der Waals surface area contributed by atoms with E-state index in [9.17, 15) is 0 Å². The van der Waals surface area contributed by atoms with Gasteiger partial charge in [-0.3, -0.25) is 0 Å². The van der Waals surface area contributed by atoms with E-state index >= 15 is 0 Å². The molecule has 0 radical (unpaired) electrons. The van der Waals surface area contributed by atoms with Crippen molar-refractivity contribution in [1.29, 1.82) is 0 Å². The topological polar surface area (TPSA) is 69.9 Å². The molecule has 4 atom stereocenters. The summed E-state index contributed by atoms with van der Waals surface area (Å²) in [5, 5.41) is 27.0. The molecule has 1 aliphatic rings. The van der Waals surface area contributed by atoms with Crippen LogP contribution in [0.3, 0.4) is 0 Å². The van der Waals surface area contributed by atoms with Crippen LogP contribution in [0.15, 0.2) is 0 Å². The van der Waals surface area contributed by atoms with E-state index in [-0.39, 0.29) is 6.61 Å². The zero-order chi connectivity index (χ0) is 7.72. The van der Waals surface area contributed by atoms with Crippen LogP contribution in [0.1, 0.15) is 6.92 Å². The Morgan fingerprint density at radius 2 is 1.80 bits per heavy atom. The Morgan fingerprint density at radius 1 is 1.20 bits per heavy atom. The standard InChI is InChI=1S/C6H12O4/c1-3-5(8)6(9)4(7)2-10-3/h3-9H,2H2,1H3/t3?,4?,5-,6+/m1/s1. The van der Waals surface area contributed by atoms with E-state index in [1.807, 2.05) is 0 Å². The molecule has 0 aromatic rings. The molecule has 4 heteroatoms. The second-order valence-electron chi connectivity index (χ2n) is 2.59. The molecule has 1 rings (SSSR count). The molecule has 0 aliphatic carbocycles. The molecule has 60 valence electrons. The third-order valence-corrected chi connectivity index (χ3v) is 1.75. The lowest BCUT2D eigenvalue weighted by molar-refractivity contribution is -0.181. The van der Waals surface area contributed by atoms with Gasteiger partial charge in [0.2, 0.25) is 0 Å². The van der Waals surface area contributed by atoms with Gasteiger partial charge in [0.25, 0.3) is 0 Å². The van der Waals surface area contributed by atoms with Crippen LogP contribution in [0.2, 0.25) is 0 Å². The van der Waals surface area contributed by atoms with Gasteiger partial charge >= 0.3 is 0 Å². The summed E-state index contributed by atoms with van der Waals surface area (Å²) in [6.45, 7) is 1.75. The highest BCUT2D eigenvalue weighted by Crippen LogP contribution is 2.14. The van der Waals surface area contributed by atoms with E-state index < -0.39 is 24.4 Å². The molecule has 1 saturated heterocycles. The van der Waals surface area contributed by atoms with Crippen LogP contribution >= 0.6 is 0 Å². The third-order valence-electron chi connectivity index (χ3n) is 1.75. The average Bonchev–Trinajstić information content (AvgIpc) is 1.93. The summed E-state index contributed by atoms with van der Waals surface area (Å²) in [7, 11) is 0. The molecule has 10 heavy (non-hydrogen) atoms. The largest absolute Gasteiger partial charge is 0.388 e. The summed E-state index contributed by atoms with van der Waals surface area (Å²) in [5.41, 5.74) is 0. The SMILES string of the molecule is CC1OCC(O)[C@H](O)[C@@H]1O. The van der Waals surface area contributed by atoms with Gasteiger partial charge < -0.3 is 20.1 Å². The average molecular weight is 148 g/mol. The van der Waals surface area contributed by atoms with Crippen molar-refractivity contribution in [2.45, 2.75) is 31.3 Å². The van der Waals surface area contributed by atoms with Crippen LogP contribution < -0.4 is 0 Å². The van der Waals surface area contributed by atoms with Gasteiger partial charge in [-0.05, 0) is 6.92 Å². The molecule has 3 N–H and O–H groups in total. The maximum Gasteiger partial charge on any atom is 0.110 e. The molecule has 2 unspecified atom stereocenters. The maximum absolute atomic E-state index is 9.08. The molecular weight excluding hydrogens is 136 g/mol. The van der Waals surface area contributed by atoms with E-state index in [0.717, 1.165) is 0 Å². The van der Waals surface area contributed by atoms with Gasteiger partial charge in [0.1, 0.15) is 18.3 Å². The molecule has 0 saturated carbocycles. The van der Waals surface area contributed by atoms with Gasteiger partial charge in [0, 0.05) is 0 Å². The molecule has 1 fully saturated rings. The normalized spacial score (nSPS) is 49.2. The van der Waals surface area contributed by atoms with Crippen molar-refractivity contribution in [3.05, 3.63) is 0 Å². The summed E-state index contributed by atoms with van der Waals surface area (Å²) in [4.78, 5) is 0. The van der Waals surface area contributed by atoms with Crippen molar-refractivity contribution in [3.8, 4) is 0 Å². The molecular formula is C6H12O4. The first-order valence-electron chi connectivity index (χ1n) is 3.28. The summed E-state index contributed by atoms with van der Waals surface area (Å²) in [6.07, 6.45) is -3.38. The first kappa shape index (κ1) is 7.94. The van der Waals surface area contributed by atoms with Gasteiger partial charge in [0.15, 0.2) is 0 Å². The predicted octanol–water partition coefficient (Wildman–Crippen LogP) is -1.51. The Kier molecular flexibility index (Phi) is 2.25. The van der Waals surface area contributed by atoms with Gasteiger partial charge in [-0.15, -0.1) is 0 Å². The van der Waals surface area contributed by atoms with Crippen LogP contribution in [-0.2, 0) is 4.74 Å². The van der Waals surface area contributed by atoms with Gasteiger partial charge in [0.05, 0.1) is 12.7 Å². The predicted molar refractivity (Wildman–Crippen MR) is 33.4 cm³/mol. The van der Waals surface area contributed by atoms with Gasteiger partial charge in [-0.1, -0.05) is 0 Å². The highest BCUT2D eigenvalue weighted by atomic mass is 16.5. The Morgan fingerprint density at radius 3 is 2.30 bits per heavy atom. The highest BCUT2D eigenvalue weighted by Gasteiger charge is 2.34. The lowest BCUT2D eigenvalue weighted by Gasteiger charge is -2.33. The highest BCUT2D eigenvalue weighted by molar-refractivity contribution is 4.83. The Balaban J connectivity index is 2.52. The zero-order valence-electron chi connectivity index (χ0n) is 5.77. The summed E-state index contributed by atoms with van der Waals surface area (Å²) in [6, 6.07) is 0. The summed E-state index contributed by atoms with van der Waals surface area (Å²) >= 11 is 0. The maximum atomic E-state index is 9.08. The lowest BCUT2D eigenvalue weighted by Crippen LogP contribution is -2.51. The van der Waals surface area contributed by atoms with Gasteiger partial charge in [-0.2, -0.15) is 0 Å². The first-order chi connectivity index (χ1) is 4.63. The Bertz CT molecular complexity index is 102. The molecule has 0 bridgehead atoms. The third kappa shape index (κ3) is 1.29. The van der Waals surface area contributed by atoms with Crippen molar-refractivity contribution in [2.75, 3.05) is 6.61 Å². The number of aliphatic hydroxyl groups excluding tert-OH is 3. The van der Waals surface area contributed by atoms with E-state index in [2.05, 4.69) is 0 Å². The van der Waals surface area contributed by atoms with E-state index in [1.54, 1.807) is 6.92 Å². The quantitative estimate of drug-likeness (QED) is 0.390. The zero-order valence-corrected chi connectivity index (χ0v) is 5.77. The molecule has 4 nitrogen and oxygen atoms in total. The molecule has 1 aliphatic heterocycles. The van der Waals surface area contributed by atoms with E-state index in [1.165, 1.54) is 0 Å². The van der Waals surface area contributed by atoms with Crippen LogP contribution in [0.25, 0.3) is 0 Å². The van der Waals surface area contributed by atoms with Crippen LogP contribution in [-0.4, -0.2) is 46.3 Å². The number of rotatable bonds is 0. The van der Waals surface area contributed by atoms with Crippen molar-refractivity contribution < 1.29 is 20.1 Å². The molecule has 1 heterocycles. The van der Waals surface area contributed by atoms with Crippen molar-refractivity contribution >= 4 is 0 Å². The minimum Gasteiger partial charge on any atom is -0.388 e. The number of hydrogen-bond donors (Lipinski definition) is 3. The van der Waals surface area contributed by atoms with Gasteiger partial charge in [-0.25, -0.2) is 0 Å². The van der Waals surface area contributed by atoms with E-state index in [4.69, 9.17) is 20.1 Å². The number of ether oxygens (including phenoxy) is 1. The van der Waals surface area contributed by atoms with Crippen molar-refractivity contribution in [2.24, 2.45) is 0 Å². The summed E-state index contributed by atoms with van der Waals surface area (Å²) < 4.78 is 4.91. The monoisotopic (exact) mass is 148 g/mol. The molecule has 0 aromatic carbocycles. The second kappa shape index (κ2) is 2.84. The molecule has 0 spiro atoms. The fourth-order valence-electron chi connectivity index (χ4n) is 0.953. The van der Waals surface area contributed by atoms with Crippen LogP contribution in [0.4, 0.5) is 0 Å². The number of aliphatic hydroxyl groups is 3. The molecule has 0 amide bonds. The van der Waals surface area contributed by atoms with Crippen molar-refractivity contribution in [1.82, 2.24) is 0 Å².